The third kappa shape index (κ3) is 5.33. The molecule has 0 aromatic rings. The third-order valence-electron chi connectivity index (χ3n) is 3.63. The Morgan fingerprint density at radius 1 is 1.43 bits per heavy atom. The van der Waals surface area contributed by atoms with E-state index in [9.17, 15) is 22.8 Å². The first kappa shape index (κ1) is 18.0. The van der Waals surface area contributed by atoms with E-state index in [2.05, 4.69) is 24.4 Å². The van der Waals surface area contributed by atoms with Gasteiger partial charge in [0, 0.05) is 12.0 Å². The lowest BCUT2D eigenvalue weighted by Gasteiger charge is -2.28. The molecule has 8 heteroatoms. The van der Waals surface area contributed by atoms with Crippen molar-refractivity contribution in [3.8, 4) is 0 Å². The van der Waals surface area contributed by atoms with Crippen LogP contribution >= 0.6 is 0 Å². The van der Waals surface area contributed by atoms with Gasteiger partial charge in [-0.2, -0.15) is 13.2 Å². The predicted molar refractivity (Wildman–Crippen MR) is 72.4 cm³/mol. The lowest BCUT2D eigenvalue weighted by atomic mass is 10.1. The maximum absolute atomic E-state index is 12.1. The Hall–Kier alpha value is -1.05. The molecule has 0 aliphatic carbocycles. The zero-order valence-corrected chi connectivity index (χ0v) is 13.6. The molecule has 3 atom stereocenters. The van der Waals surface area contributed by atoms with Crippen LogP contribution in [0.3, 0.4) is 0 Å². The van der Waals surface area contributed by atoms with Gasteiger partial charge in [-0.1, -0.05) is 19.6 Å². The summed E-state index contributed by atoms with van der Waals surface area (Å²) in [7, 11) is -1.60. The Balaban J connectivity index is 2.50. The summed E-state index contributed by atoms with van der Waals surface area (Å²) >= 11 is 0. The van der Waals surface area contributed by atoms with E-state index in [1.165, 1.54) is 6.92 Å². The monoisotopic (exact) mass is 326 g/mol. The SMILES string of the molecule is CC(CCC1OC(=O)CC1[Si](C)(C)C)OC(=O)C(F)(F)F. The maximum Gasteiger partial charge on any atom is 0.490 e. The number of ether oxygens (including phenoxy) is 2. The summed E-state index contributed by atoms with van der Waals surface area (Å²) in [6.07, 6.45) is -5.10. The van der Waals surface area contributed by atoms with Crippen LogP contribution < -0.4 is 0 Å². The largest absolute Gasteiger partial charge is 0.490 e. The Morgan fingerprint density at radius 2 is 2.00 bits per heavy atom. The topological polar surface area (TPSA) is 52.6 Å². The average Bonchev–Trinajstić information content (AvgIpc) is 2.66. The van der Waals surface area contributed by atoms with Gasteiger partial charge in [0.25, 0.3) is 0 Å². The van der Waals surface area contributed by atoms with E-state index in [0.29, 0.717) is 12.8 Å². The summed E-state index contributed by atoms with van der Waals surface area (Å²) in [6.45, 7) is 7.78. The number of hydrogen-bond acceptors (Lipinski definition) is 4. The van der Waals surface area contributed by atoms with Gasteiger partial charge in [0.1, 0.15) is 6.10 Å². The van der Waals surface area contributed by atoms with Crippen LogP contribution in [-0.2, 0) is 19.1 Å². The molecule has 1 saturated heterocycles. The number of hydrogen-bond donors (Lipinski definition) is 0. The zero-order valence-electron chi connectivity index (χ0n) is 12.6. The minimum atomic E-state index is -4.98. The number of rotatable bonds is 5. The molecule has 0 radical (unpaired) electrons. The number of carbonyl (C=O) groups excluding carboxylic acids is 2. The van der Waals surface area contributed by atoms with Crippen molar-refractivity contribution in [2.24, 2.45) is 0 Å². The highest BCUT2D eigenvalue weighted by Gasteiger charge is 2.44. The Bertz CT molecular complexity index is 403. The van der Waals surface area contributed by atoms with Crippen molar-refractivity contribution >= 4 is 20.0 Å². The molecule has 1 fully saturated rings. The minimum Gasteiger partial charge on any atom is -0.462 e. The van der Waals surface area contributed by atoms with Crippen molar-refractivity contribution in [3.05, 3.63) is 0 Å². The van der Waals surface area contributed by atoms with E-state index in [1.54, 1.807) is 0 Å². The highest BCUT2D eigenvalue weighted by molar-refractivity contribution is 6.78. The lowest BCUT2D eigenvalue weighted by Crippen LogP contribution is -2.34. The molecule has 1 rings (SSSR count). The molecule has 3 unspecified atom stereocenters. The minimum absolute atomic E-state index is 0.149. The number of halogens is 3. The van der Waals surface area contributed by atoms with E-state index in [0.717, 1.165) is 0 Å². The summed E-state index contributed by atoms with van der Waals surface area (Å²) in [5.41, 5.74) is 0.149. The van der Waals surface area contributed by atoms with Crippen LogP contribution in [-0.4, -0.2) is 38.4 Å². The van der Waals surface area contributed by atoms with Gasteiger partial charge in [0.05, 0.1) is 14.2 Å². The quantitative estimate of drug-likeness (QED) is 0.575. The summed E-state index contributed by atoms with van der Waals surface area (Å²) in [5, 5.41) is 0. The van der Waals surface area contributed by atoms with Gasteiger partial charge in [-0.25, -0.2) is 4.79 Å². The molecule has 0 spiro atoms. The fourth-order valence-electron chi connectivity index (χ4n) is 2.44. The first-order valence-corrected chi connectivity index (χ1v) is 10.5. The van der Waals surface area contributed by atoms with Crippen LogP contribution in [0.2, 0.25) is 25.2 Å². The van der Waals surface area contributed by atoms with Crippen molar-refractivity contribution < 1.29 is 32.2 Å². The van der Waals surface area contributed by atoms with E-state index in [4.69, 9.17) is 4.74 Å². The second-order valence-electron chi connectivity index (χ2n) is 6.50. The van der Waals surface area contributed by atoms with Gasteiger partial charge in [0.2, 0.25) is 0 Å². The molecule has 0 saturated carbocycles. The Morgan fingerprint density at radius 3 is 2.48 bits per heavy atom. The Labute approximate surface area is 123 Å². The standard InChI is InChI=1S/C13H21F3O4Si/c1-8(19-12(18)13(14,15)16)5-6-9-10(21(2,3)4)7-11(17)20-9/h8-10H,5-7H2,1-4H3. The van der Waals surface area contributed by atoms with Crippen LogP contribution in [0.25, 0.3) is 0 Å². The predicted octanol–water partition coefficient (Wildman–Crippen LogP) is 3.28. The molecule has 1 aliphatic heterocycles. The highest BCUT2D eigenvalue weighted by Crippen LogP contribution is 2.39. The molecule has 21 heavy (non-hydrogen) atoms. The van der Waals surface area contributed by atoms with Crippen LogP contribution in [0.1, 0.15) is 26.2 Å². The van der Waals surface area contributed by atoms with Gasteiger partial charge in [0.15, 0.2) is 0 Å². The molecule has 0 bridgehead atoms. The smallest absolute Gasteiger partial charge is 0.462 e. The zero-order chi connectivity index (χ0) is 16.4. The maximum atomic E-state index is 12.1. The van der Waals surface area contributed by atoms with Crippen molar-refractivity contribution in [2.45, 2.75) is 69.8 Å². The number of carbonyl (C=O) groups is 2. The fourth-order valence-corrected chi connectivity index (χ4v) is 4.57. The van der Waals surface area contributed by atoms with E-state index >= 15 is 0 Å². The molecular weight excluding hydrogens is 305 g/mol. The van der Waals surface area contributed by atoms with E-state index in [-0.39, 0.29) is 24.0 Å². The highest BCUT2D eigenvalue weighted by atomic mass is 28.3. The van der Waals surface area contributed by atoms with E-state index in [1.807, 2.05) is 0 Å². The molecule has 0 aromatic heterocycles. The first-order valence-electron chi connectivity index (χ1n) is 6.88. The molecule has 0 aromatic carbocycles. The van der Waals surface area contributed by atoms with Gasteiger partial charge in [-0.3, -0.25) is 4.79 Å². The van der Waals surface area contributed by atoms with Crippen LogP contribution in [0.5, 0.6) is 0 Å². The summed E-state index contributed by atoms with van der Waals surface area (Å²) < 4.78 is 45.8. The normalized spacial score (nSPS) is 24.6. The second-order valence-corrected chi connectivity index (χ2v) is 12.0. The second kappa shape index (κ2) is 6.37. The number of esters is 2. The van der Waals surface area contributed by atoms with Crippen LogP contribution in [0, 0.1) is 0 Å². The van der Waals surface area contributed by atoms with Crippen molar-refractivity contribution in [1.82, 2.24) is 0 Å². The molecular formula is C13H21F3O4Si. The fraction of sp³-hybridized carbons (Fsp3) is 0.846. The molecule has 1 aliphatic rings. The Kier molecular flexibility index (Phi) is 5.46. The lowest BCUT2D eigenvalue weighted by molar-refractivity contribution is -0.204. The van der Waals surface area contributed by atoms with Crippen LogP contribution in [0.4, 0.5) is 13.2 Å². The van der Waals surface area contributed by atoms with Crippen molar-refractivity contribution in [1.29, 1.82) is 0 Å². The summed E-state index contributed by atoms with van der Waals surface area (Å²) in [6, 6.07) is 0. The number of alkyl halides is 3. The van der Waals surface area contributed by atoms with Gasteiger partial charge < -0.3 is 9.47 Å². The van der Waals surface area contributed by atoms with Crippen LogP contribution in [0.15, 0.2) is 0 Å². The average molecular weight is 326 g/mol. The molecule has 0 amide bonds. The summed E-state index contributed by atoms with van der Waals surface area (Å²) in [5.74, 6) is -2.44. The number of cyclic esters (lactones) is 1. The summed E-state index contributed by atoms with van der Waals surface area (Å²) in [4.78, 5) is 22.2. The first-order chi connectivity index (χ1) is 9.41. The molecule has 0 N–H and O–H groups in total. The van der Waals surface area contributed by atoms with Gasteiger partial charge >= 0.3 is 18.1 Å². The third-order valence-corrected chi connectivity index (χ3v) is 6.43. The van der Waals surface area contributed by atoms with Crippen molar-refractivity contribution in [3.63, 3.8) is 0 Å². The van der Waals surface area contributed by atoms with Gasteiger partial charge in [-0.15, -0.1) is 0 Å². The molecule has 122 valence electrons. The molecule has 4 nitrogen and oxygen atoms in total. The van der Waals surface area contributed by atoms with Crippen molar-refractivity contribution in [2.75, 3.05) is 0 Å². The van der Waals surface area contributed by atoms with Gasteiger partial charge in [-0.05, 0) is 19.8 Å². The molecule has 1 heterocycles. The van der Waals surface area contributed by atoms with E-state index < -0.39 is 26.3 Å².